The average Bonchev–Trinajstić information content (AvgIpc) is 3.20. The van der Waals surface area contributed by atoms with Gasteiger partial charge in [-0.25, -0.2) is 0 Å². The lowest BCUT2D eigenvalue weighted by Gasteiger charge is -2.13. The second-order valence-corrected chi connectivity index (χ2v) is 6.32. The first kappa shape index (κ1) is 15.3. The van der Waals surface area contributed by atoms with Gasteiger partial charge in [0.25, 0.3) is 0 Å². The predicted molar refractivity (Wildman–Crippen MR) is 80.8 cm³/mol. The van der Waals surface area contributed by atoms with Crippen LogP contribution in [0.2, 0.25) is 0 Å². The van der Waals surface area contributed by atoms with Crippen LogP contribution in [0.25, 0.3) is 0 Å². The van der Waals surface area contributed by atoms with Crippen LogP contribution in [0.15, 0.2) is 22.7 Å². The van der Waals surface area contributed by atoms with Gasteiger partial charge in [-0.3, -0.25) is 4.79 Å². The van der Waals surface area contributed by atoms with Gasteiger partial charge >= 0.3 is 0 Å². The molecule has 0 saturated heterocycles. The van der Waals surface area contributed by atoms with Crippen molar-refractivity contribution in [2.75, 3.05) is 19.8 Å². The quantitative estimate of drug-likeness (QED) is 0.800. The van der Waals surface area contributed by atoms with Gasteiger partial charge in [-0.2, -0.15) is 0 Å². The highest BCUT2D eigenvalue weighted by Crippen LogP contribution is 2.44. The Morgan fingerprint density at radius 1 is 1.50 bits per heavy atom. The van der Waals surface area contributed by atoms with Gasteiger partial charge in [0.15, 0.2) is 0 Å². The summed E-state index contributed by atoms with van der Waals surface area (Å²) in [5.41, 5.74) is 1.11. The molecule has 0 unspecified atom stereocenters. The molecule has 20 heavy (non-hydrogen) atoms. The zero-order valence-electron chi connectivity index (χ0n) is 11.6. The molecule has 0 heterocycles. The Morgan fingerprint density at radius 2 is 2.25 bits per heavy atom. The lowest BCUT2D eigenvalue weighted by molar-refractivity contribution is -0.121. The van der Waals surface area contributed by atoms with Gasteiger partial charge in [-0.05, 0) is 53.4 Å². The van der Waals surface area contributed by atoms with E-state index in [9.17, 15) is 4.79 Å². The summed E-state index contributed by atoms with van der Waals surface area (Å²) in [6.07, 6.45) is 2.31. The topological polar surface area (TPSA) is 58.6 Å². The number of carbonyl (C=O) groups is 1. The molecule has 0 aromatic heterocycles. The van der Waals surface area contributed by atoms with Crippen molar-refractivity contribution >= 4 is 21.8 Å². The van der Waals surface area contributed by atoms with Crippen molar-refractivity contribution in [2.45, 2.75) is 26.2 Å². The Bertz CT molecular complexity index is 486. The number of aliphatic hydroxyl groups excluding tert-OH is 1. The molecule has 1 aromatic rings. The molecular formula is C15H20BrNO3. The van der Waals surface area contributed by atoms with Crippen LogP contribution in [0.5, 0.6) is 5.75 Å². The first-order valence-corrected chi connectivity index (χ1v) is 7.60. The Kier molecular flexibility index (Phi) is 5.05. The fraction of sp³-hybridized carbons (Fsp3) is 0.533. The zero-order valence-corrected chi connectivity index (χ0v) is 13.2. The number of aryl methyl sites for hydroxylation is 1. The van der Waals surface area contributed by atoms with Crippen molar-refractivity contribution in [3.8, 4) is 5.75 Å². The summed E-state index contributed by atoms with van der Waals surface area (Å²) in [6, 6.07) is 5.84. The first-order valence-electron chi connectivity index (χ1n) is 6.81. The van der Waals surface area contributed by atoms with Gasteiger partial charge in [0.1, 0.15) is 5.75 Å². The molecule has 0 atom stereocenters. The number of hydrogen-bond acceptors (Lipinski definition) is 3. The van der Waals surface area contributed by atoms with Crippen molar-refractivity contribution in [2.24, 2.45) is 5.41 Å². The number of halogens is 1. The van der Waals surface area contributed by atoms with Gasteiger partial charge in [0.2, 0.25) is 5.91 Å². The summed E-state index contributed by atoms with van der Waals surface area (Å²) in [5, 5.41) is 12.0. The number of rotatable bonds is 7. The molecule has 2 rings (SSSR count). The van der Waals surface area contributed by atoms with Crippen LogP contribution in [0.3, 0.4) is 0 Å². The van der Waals surface area contributed by atoms with Crippen molar-refractivity contribution < 1.29 is 14.6 Å². The Morgan fingerprint density at radius 3 is 2.85 bits per heavy atom. The third-order valence-corrected chi connectivity index (χ3v) is 4.25. The highest BCUT2D eigenvalue weighted by atomic mass is 79.9. The average molecular weight is 342 g/mol. The van der Waals surface area contributed by atoms with E-state index >= 15 is 0 Å². The van der Waals surface area contributed by atoms with Crippen molar-refractivity contribution in [1.29, 1.82) is 0 Å². The summed E-state index contributed by atoms with van der Waals surface area (Å²) < 4.78 is 6.48. The summed E-state index contributed by atoms with van der Waals surface area (Å²) >= 11 is 3.44. The smallest absolute Gasteiger partial charge is 0.223 e. The van der Waals surface area contributed by atoms with Crippen LogP contribution < -0.4 is 10.1 Å². The molecule has 1 aliphatic rings. The Labute approximate surface area is 127 Å². The molecule has 1 aromatic carbocycles. The second-order valence-electron chi connectivity index (χ2n) is 5.47. The van der Waals surface area contributed by atoms with Crippen LogP contribution >= 0.6 is 15.9 Å². The summed E-state index contributed by atoms with van der Waals surface area (Å²) in [7, 11) is 0. The maximum atomic E-state index is 11.7. The van der Waals surface area contributed by atoms with Gasteiger partial charge in [0, 0.05) is 12.0 Å². The lowest BCUT2D eigenvalue weighted by atomic mass is 10.1. The van der Waals surface area contributed by atoms with Crippen LogP contribution in [-0.2, 0) is 4.79 Å². The summed E-state index contributed by atoms with van der Waals surface area (Å²) in [4.78, 5) is 11.7. The minimum absolute atomic E-state index is 0.0343. The second kappa shape index (κ2) is 6.59. The van der Waals surface area contributed by atoms with E-state index in [-0.39, 0.29) is 17.9 Å². The minimum atomic E-state index is -0.0451. The SMILES string of the molecule is Cc1ccc(OCCC(=O)NCC2(CO)CC2)c(Br)c1. The number of amides is 1. The van der Waals surface area contributed by atoms with Crippen LogP contribution in [0.1, 0.15) is 24.8 Å². The van der Waals surface area contributed by atoms with Crippen LogP contribution in [0, 0.1) is 12.3 Å². The van der Waals surface area contributed by atoms with E-state index in [1.165, 1.54) is 0 Å². The van der Waals surface area contributed by atoms with Gasteiger partial charge in [-0.1, -0.05) is 6.07 Å². The van der Waals surface area contributed by atoms with Crippen LogP contribution in [0.4, 0.5) is 0 Å². The van der Waals surface area contributed by atoms with Gasteiger partial charge < -0.3 is 15.2 Å². The molecule has 1 fully saturated rings. The fourth-order valence-corrected chi connectivity index (χ4v) is 2.53. The molecule has 0 bridgehead atoms. The van der Waals surface area contributed by atoms with Crippen LogP contribution in [-0.4, -0.2) is 30.8 Å². The molecule has 0 aliphatic heterocycles. The normalized spacial score (nSPS) is 15.8. The molecule has 110 valence electrons. The Balaban J connectivity index is 1.68. The van der Waals surface area contributed by atoms with E-state index in [4.69, 9.17) is 9.84 Å². The number of carbonyl (C=O) groups excluding carboxylic acids is 1. The largest absolute Gasteiger partial charge is 0.492 e. The van der Waals surface area contributed by atoms with Crippen molar-refractivity contribution in [3.63, 3.8) is 0 Å². The molecule has 2 N–H and O–H groups in total. The molecular weight excluding hydrogens is 322 g/mol. The molecule has 0 spiro atoms. The third-order valence-electron chi connectivity index (χ3n) is 3.63. The van der Waals surface area contributed by atoms with E-state index in [0.29, 0.717) is 19.6 Å². The summed E-state index contributed by atoms with van der Waals surface area (Å²) in [5.74, 6) is 0.713. The molecule has 5 heteroatoms. The highest BCUT2D eigenvalue weighted by Gasteiger charge is 2.41. The molecule has 1 amide bonds. The monoisotopic (exact) mass is 341 g/mol. The number of nitrogens with one attached hydrogen (secondary N) is 1. The van der Waals surface area contributed by atoms with E-state index in [2.05, 4.69) is 21.2 Å². The standard InChI is InChI=1S/C15H20BrNO3/c1-11-2-3-13(12(16)8-11)20-7-4-14(19)17-9-15(10-18)5-6-15/h2-3,8,18H,4-7,9-10H2,1H3,(H,17,19). The Hall–Kier alpha value is -1.07. The fourth-order valence-electron chi connectivity index (χ4n) is 1.92. The van der Waals surface area contributed by atoms with Gasteiger partial charge in [0.05, 0.1) is 24.1 Å². The molecule has 0 radical (unpaired) electrons. The first-order chi connectivity index (χ1) is 9.54. The molecule has 1 aliphatic carbocycles. The number of benzene rings is 1. The number of ether oxygens (including phenoxy) is 1. The molecule has 1 saturated carbocycles. The van der Waals surface area contributed by atoms with E-state index < -0.39 is 0 Å². The van der Waals surface area contributed by atoms with Crippen molar-refractivity contribution in [3.05, 3.63) is 28.2 Å². The third kappa shape index (κ3) is 4.21. The van der Waals surface area contributed by atoms with E-state index in [1.807, 2.05) is 25.1 Å². The molecule has 4 nitrogen and oxygen atoms in total. The number of aliphatic hydroxyl groups is 1. The predicted octanol–water partition coefficient (Wildman–Crippen LogP) is 2.42. The highest BCUT2D eigenvalue weighted by molar-refractivity contribution is 9.10. The maximum Gasteiger partial charge on any atom is 0.223 e. The van der Waals surface area contributed by atoms with Gasteiger partial charge in [-0.15, -0.1) is 0 Å². The maximum absolute atomic E-state index is 11.7. The summed E-state index contributed by atoms with van der Waals surface area (Å²) in [6.45, 7) is 3.08. The van der Waals surface area contributed by atoms with Crippen molar-refractivity contribution in [1.82, 2.24) is 5.32 Å². The lowest BCUT2D eigenvalue weighted by Crippen LogP contribution is -2.32. The van der Waals surface area contributed by atoms with E-state index in [1.54, 1.807) is 0 Å². The van der Waals surface area contributed by atoms with E-state index in [0.717, 1.165) is 28.6 Å². The number of hydrogen-bond donors (Lipinski definition) is 2. The minimum Gasteiger partial charge on any atom is -0.492 e. The zero-order chi connectivity index (χ0) is 14.6.